The molecule has 0 unspecified atom stereocenters. The lowest BCUT2D eigenvalue weighted by Gasteiger charge is -2.33. The molecule has 1 aromatic heterocycles. The van der Waals surface area contributed by atoms with Crippen LogP contribution in [0.15, 0.2) is 47.8 Å². The van der Waals surface area contributed by atoms with Crippen molar-refractivity contribution in [2.45, 2.75) is 18.9 Å². The Labute approximate surface area is 168 Å². The average Bonchev–Trinajstić information content (AvgIpc) is 3.16. The molecule has 0 spiro atoms. The first-order valence-corrected chi connectivity index (χ1v) is 10.4. The van der Waals surface area contributed by atoms with Gasteiger partial charge in [-0.2, -0.15) is 0 Å². The number of carbonyl (C=O) groups excluding carboxylic acids is 1. The van der Waals surface area contributed by atoms with E-state index in [0.29, 0.717) is 12.2 Å². The van der Waals surface area contributed by atoms with Gasteiger partial charge in [-0.15, -0.1) is 11.3 Å². The average molecular weight is 397 g/mol. The van der Waals surface area contributed by atoms with Crippen LogP contribution >= 0.6 is 11.3 Å². The molecule has 0 bridgehead atoms. The summed E-state index contributed by atoms with van der Waals surface area (Å²) in [6, 6.07) is 14.2. The minimum atomic E-state index is -0.402. The molecule has 1 aliphatic heterocycles. The van der Waals surface area contributed by atoms with E-state index in [0.717, 1.165) is 47.1 Å². The number of amides is 1. The molecule has 1 aliphatic rings. The van der Waals surface area contributed by atoms with Crippen LogP contribution < -0.4 is 10.6 Å². The highest BCUT2D eigenvalue weighted by Gasteiger charge is 2.20. The van der Waals surface area contributed by atoms with E-state index in [1.54, 1.807) is 17.4 Å². The molecule has 2 aromatic carbocycles. The summed E-state index contributed by atoms with van der Waals surface area (Å²) < 4.78 is 6.79. The molecule has 28 heavy (non-hydrogen) atoms. The van der Waals surface area contributed by atoms with Gasteiger partial charge in [0.15, 0.2) is 0 Å². The molecule has 1 saturated heterocycles. The molecular weight excluding hydrogens is 372 g/mol. The zero-order chi connectivity index (χ0) is 19.5. The van der Waals surface area contributed by atoms with Crippen molar-refractivity contribution in [2.75, 3.05) is 31.2 Å². The number of fused-ring (bicyclic) bond motifs is 1. The molecule has 1 amide bonds. The Morgan fingerprint density at radius 1 is 1.18 bits per heavy atom. The summed E-state index contributed by atoms with van der Waals surface area (Å²) >= 11 is 1.67. The third-order valence-electron chi connectivity index (χ3n) is 5.29. The number of anilines is 1. The van der Waals surface area contributed by atoms with Crippen molar-refractivity contribution in [1.82, 2.24) is 0 Å². The SMILES string of the molecule is NC(=O)c1ccc2scc(-c3ccc(N4CCC(OCCO)CC4)cc3)c2c1. The van der Waals surface area contributed by atoms with E-state index in [2.05, 4.69) is 34.5 Å². The second kappa shape index (κ2) is 8.31. The van der Waals surface area contributed by atoms with E-state index in [9.17, 15) is 4.79 Å². The van der Waals surface area contributed by atoms with Gasteiger partial charge in [0, 0.05) is 40.0 Å². The number of nitrogens with two attached hydrogens (primary N) is 1. The largest absolute Gasteiger partial charge is 0.394 e. The van der Waals surface area contributed by atoms with Gasteiger partial charge in [-0.3, -0.25) is 4.79 Å². The molecule has 3 N–H and O–H groups in total. The molecule has 2 heterocycles. The second-order valence-corrected chi connectivity index (χ2v) is 7.96. The minimum Gasteiger partial charge on any atom is -0.394 e. The van der Waals surface area contributed by atoms with Crippen LogP contribution in [0.4, 0.5) is 5.69 Å². The third kappa shape index (κ3) is 3.90. The maximum Gasteiger partial charge on any atom is 0.248 e. The summed E-state index contributed by atoms with van der Waals surface area (Å²) in [5, 5.41) is 12.1. The number of aliphatic hydroxyl groups excluding tert-OH is 1. The number of thiophene rings is 1. The zero-order valence-corrected chi connectivity index (χ0v) is 16.5. The van der Waals surface area contributed by atoms with Gasteiger partial charge in [0.2, 0.25) is 5.91 Å². The van der Waals surface area contributed by atoms with Crippen molar-refractivity contribution in [2.24, 2.45) is 5.73 Å². The van der Waals surface area contributed by atoms with Crippen LogP contribution in [0.2, 0.25) is 0 Å². The van der Waals surface area contributed by atoms with Crippen LogP contribution in [0, 0.1) is 0 Å². The number of ether oxygens (including phenoxy) is 1. The lowest BCUT2D eigenvalue weighted by Crippen LogP contribution is -2.37. The Bertz CT molecular complexity index is 960. The normalized spacial score (nSPS) is 15.2. The summed E-state index contributed by atoms with van der Waals surface area (Å²) in [7, 11) is 0. The van der Waals surface area contributed by atoms with Gasteiger partial charge in [0.1, 0.15) is 0 Å². The Hall–Kier alpha value is -2.41. The van der Waals surface area contributed by atoms with Gasteiger partial charge in [-0.05, 0) is 54.1 Å². The standard InChI is InChI=1S/C22H24N2O3S/c23-22(26)16-3-6-21-19(13-16)20(14-28-21)15-1-4-17(5-2-15)24-9-7-18(8-10-24)27-12-11-25/h1-6,13-14,18,25H,7-12H2,(H2,23,26). The minimum absolute atomic E-state index is 0.0832. The lowest BCUT2D eigenvalue weighted by molar-refractivity contribution is 0.0159. The third-order valence-corrected chi connectivity index (χ3v) is 6.25. The van der Waals surface area contributed by atoms with E-state index < -0.39 is 5.91 Å². The number of benzene rings is 2. The molecule has 5 nitrogen and oxygen atoms in total. The van der Waals surface area contributed by atoms with Crippen LogP contribution in [-0.4, -0.2) is 43.4 Å². The van der Waals surface area contributed by atoms with Crippen molar-refractivity contribution < 1.29 is 14.6 Å². The van der Waals surface area contributed by atoms with E-state index in [4.69, 9.17) is 15.6 Å². The smallest absolute Gasteiger partial charge is 0.248 e. The second-order valence-electron chi connectivity index (χ2n) is 7.05. The number of primary amides is 1. The Kier molecular flexibility index (Phi) is 5.62. The Morgan fingerprint density at radius 2 is 1.93 bits per heavy atom. The van der Waals surface area contributed by atoms with Crippen molar-refractivity contribution in [1.29, 1.82) is 0 Å². The van der Waals surface area contributed by atoms with Crippen LogP contribution in [0.5, 0.6) is 0 Å². The molecule has 0 radical (unpaired) electrons. The first-order chi connectivity index (χ1) is 13.7. The summed E-state index contributed by atoms with van der Waals surface area (Å²) in [6.45, 7) is 2.42. The highest BCUT2D eigenvalue weighted by Crippen LogP contribution is 2.35. The summed E-state index contributed by atoms with van der Waals surface area (Å²) in [4.78, 5) is 13.9. The zero-order valence-electron chi connectivity index (χ0n) is 15.6. The van der Waals surface area contributed by atoms with Crippen LogP contribution in [0.25, 0.3) is 21.2 Å². The first kappa shape index (κ1) is 18.9. The molecule has 6 heteroatoms. The maximum atomic E-state index is 11.5. The molecule has 0 saturated carbocycles. The Balaban J connectivity index is 1.50. The number of carbonyl (C=O) groups is 1. The summed E-state index contributed by atoms with van der Waals surface area (Å²) in [5.74, 6) is -0.402. The quantitative estimate of drug-likeness (QED) is 0.667. The summed E-state index contributed by atoms with van der Waals surface area (Å²) in [6.07, 6.45) is 2.21. The molecular formula is C22H24N2O3S. The van der Waals surface area contributed by atoms with Crippen molar-refractivity contribution in [3.05, 3.63) is 53.4 Å². The summed E-state index contributed by atoms with van der Waals surface area (Å²) in [5.41, 5.74) is 9.45. The predicted molar refractivity (Wildman–Crippen MR) is 114 cm³/mol. The number of hydrogen-bond donors (Lipinski definition) is 2. The predicted octanol–water partition coefficient (Wildman–Crippen LogP) is 3.64. The van der Waals surface area contributed by atoms with Gasteiger partial charge in [-0.25, -0.2) is 0 Å². The number of rotatable bonds is 6. The van der Waals surface area contributed by atoms with Crippen LogP contribution in [0.3, 0.4) is 0 Å². The van der Waals surface area contributed by atoms with E-state index in [1.807, 2.05) is 12.1 Å². The van der Waals surface area contributed by atoms with E-state index in [1.165, 1.54) is 5.69 Å². The van der Waals surface area contributed by atoms with Crippen molar-refractivity contribution in [3.63, 3.8) is 0 Å². The highest BCUT2D eigenvalue weighted by molar-refractivity contribution is 7.17. The highest BCUT2D eigenvalue weighted by atomic mass is 32.1. The maximum absolute atomic E-state index is 11.5. The number of hydrogen-bond acceptors (Lipinski definition) is 5. The lowest BCUT2D eigenvalue weighted by atomic mass is 10.0. The molecule has 1 fully saturated rings. The van der Waals surface area contributed by atoms with Crippen LogP contribution in [-0.2, 0) is 4.74 Å². The van der Waals surface area contributed by atoms with Crippen LogP contribution in [0.1, 0.15) is 23.2 Å². The number of nitrogens with zero attached hydrogens (tertiary/aromatic N) is 1. The fourth-order valence-electron chi connectivity index (χ4n) is 3.76. The van der Waals surface area contributed by atoms with Crippen molar-refractivity contribution >= 4 is 33.0 Å². The van der Waals surface area contributed by atoms with Crippen molar-refractivity contribution in [3.8, 4) is 11.1 Å². The topological polar surface area (TPSA) is 75.8 Å². The number of aliphatic hydroxyl groups is 1. The fourth-order valence-corrected chi connectivity index (χ4v) is 4.71. The number of piperidine rings is 1. The molecule has 146 valence electrons. The molecule has 0 atom stereocenters. The molecule has 4 rings (SSSR count). The van der Waals surface area contributed by atoms with Gasteiger partial charge in [-0.1, -0.05) is 12.1 Å². The van der Waals surface area contributed by atoms with Gasteiger partial charge >= 0.3 is 0 Å². The Morgan fingerprint density at radius 3 is 2.61 bits per heavy atom. The van der Waals surface area contributed by atoms with Gasteiger partial charge in [0.05, 0.1) is 19.3 Å². The molecule has 3 aromatic rings. The first-order valence-electron chi connectivity index (χ1n) is 9.54. The monoisotopic (exact) mass is 396 g/mol. The fraction of sp³-hybridized carbons (Fsp3) is 0.318. The van der Waals surface area contributed by atoms with E-state index >= 15 is 0 Å². The molecule has 0 aliphatic carbocycles. The van der Waals surface area contributed by atoms with Gasteiger partial charge < -0.3 is 20.5 Å². The van der Waals surface area contributed by atoms with E-state index in [-0.39, 0.29) is 12.7 Å². The van der Waals surface area contributed by atoms with Gasteiger partial charge in [0.25, 0.3) is 0 Å².